The summed E-state index contributed by atoms with van der Waals surface area (Å²) in [6.45, 7) is 30.3. The van der Waals surface area contributed by atoms with Crippen LogP contribution in [0.4, 0.5) is 0 Å². The highest BCUT2D eigenvalue weighted by atomic mass is 32.1. The van der Waals surface area contributed by atoms with E-state index in [1.54, 1.807) is 112 Å². The molecule has 2 fully saturated rings. The van der Waals surface area contributed by atoms with E-state index in [1.165, 1.54) is 53.6 Å². The molecule has 1 aromatic heterocycles. The lowest BCUT2D eigenvalue weighted by Crippen LogP contribution is -2.62. The lowest BCUT2D eigenvalue weighted by Gasteiger charge is -2.41. The van der Waals surface area contributed by atoms with Crippen LogP contribution in [0, 0.1) is 35.5 Å². The molecule has 1 unspecified atom stereocenters. The van der Waals surface area contributed by atoms with E-state index >= 15 is 0 Å². The van der Waals surface area contributed by atoms with Crippen molar-refractivity contribution in [2.75, 3.05) is 75.3 Å². The minimum atomic E-state index is -1.43. The number of likely N-dealkylation sites (N-methyl/N-ethyl adjacent to an activating group) is 2. The molecule has 13 amide bonds. The van der Waals surface area contributed by atoms with Crippen LogP contribution in [0.1, 0.15) is 242 Å². The zero-order chi connectivity index (χ0) is 98.5. The predicted octanol–water partition coefficient (Wildman–Crippen LogP) is 9.71. The third-order valence-electron chi connectivity index (χ3n) is 26.9. The van der Waals surface area contributed by atoms with Crippen LogP contribution in [0.15, 0.2) is 96.0 Å². The van der Waals surface area contributed by atoms with Crippen LogP contribution >= 0.6 is 11.3 Å². The number of carbonyl (C=O) groups excluding carboxylic acids is 14. The van der Waals surface area contributed by atoms with Crippen molar-refractivity contribution >= 4 is 94.1 Å². The summed E-state index contributed by atoms with van der Waals surface area (Å²) in [5.74, 6) is -8.50. The number of thiazole rings is 1. The topological polar surface area (TPSA) is 390 Å². The molecule has 5 heterocycles. The minimum Gasteiger partial charge on any atom is -0.458 e. The minimum absolute atomic E-state index is 0.0295. The monoisotopic (exact) mass is 1870 g/mol. The second-order valence-corrected chi connectivity index (χ2v) is 39.8. The average molecular weight is 1870 g/mol. The van der Waals surface area contributed by atoms with Gasteiger partial charge in [0.05, 0.1) is 84.8 Å². The highest BCUT2D eigenvalue weighted by molar-refractivity contribution is 7.09. The maximum absolute atomic E-state index is 14.9. The van der Waals surface area contributed by atoms with Crippen LogP contribution in [0.5, 0.6) is 0 Å². The molecule has 6 N–H and O–H groups in total. The number of benzene rings is 2. The van der Waals surface area contributed by atoms with Crippen molar-refractivity contribution in [1.82, 2.24) is 66.3 Å². The van der Waals surface area contributed by atoms with Crippen LogP contribution in [-0.2, 0) is 104 Å². The number of hydrogen-bond donors (Lipinski definition) is 6. The first kappa shape index (κ1) is 110. The van der Waals surface area contributed by atoms with Gasteiger partial charge in [0.15, 0.2) is 0 Å². The molecule has 16 atom stereocenters. The van der Waals surface area contributed by atoms with Gasteiger partial charge in [0.1, 0.15) is 34.3 Å². The molecule has 4 aliphatic heterocycles. The highest BCUT2D eigenvalue weighted by Crippen LogP contribution is 2.35. The number of imide groups is 2. The molecule has 0 bridgehead atoms. The summed E-state index contributed by atoms with van der Waals surface area (Å²) >= 11 is 1.48. The average Bonchev–Trinajstić information content (AvgIpc) is 1.75. The number of esters is 1. The van der Waals surface area contributed by atoms with Crippen molar-refractivity contribution in [2.45, 2.75) is 322 Å². The fourth-order valence-electron chi connectivity index (χ4n) is 18.6. The number of amides is 13. The number of rotatable bonds is 56. The fourth-order valence-corrected chi connectivity index (χ4v) is 19.3. The van der Waals surface area contributed by atoms with E-state index in [0.717, 1.165) is 15.5 Å². The van der Waals surface area contributed by atoms with E-state index in [9.17, 15) is 67.1 Å². The summed E-state index contributed by atoms with van der Waals surface area (Å²) in [6.07, 6.45) is 10.4. The van der Waals surface area contributed by atoms with Gasteiger partial charge in [0.25, 0.3) is 23.6 Å². The van der Waals surface area contributed by atoms with E-state index in [0.29, 0.717) is 115 Å². The third-order valence-corrected chi connectivity index (χ3v) is 27.8. The van der Waals surface area contributed by atoms with E-state index in [4.69, 9.17) is 23.7 Å². The van der Waals surface area contributed by atoms with Gasteiger partial charge in [0.2, 0.25) is 53.2 Å². The van der Waals surface area contributed by atoms with Gasteiger partial charge in [-0.2, -0.15) is 0 Å². The zero-order valence-electron chi connectivity index (χ0n) is 82.8. The van der Waals surface area contributed by atoms with Crippen LogP contribution < -0.4 is 31.9 Å². The Kier molecular flexibility index (Phi) is 43.0. The SMILES string of the molecule is CC[C@H](C)[C@@H]([C@@H](CC(=O)N1CCC[C@H]1[C@H](OC)[C@@H](C)C(=O)N[C@@H](Cc1ccccc1)C(=O)OC(C)(C)CC1=CC(=O)N(CCCCCCNC(C)(C)C(=O)N[C@H](C(=O)N(C)[C@H](C(CC(=O)N2CCC[C@H]2[C@H](OC)[C@@H](C)C(=O)N[C@@H](Cc2ccccc2)c2nccs2)OC)[C@@H](C)CC)C(C)C)C1=O)OC)N(C)C(=O)[C@@H](NC(=O)C(C)(C)NC(=O)CCCCCN1C(=O)C=CC1=O)C(C)C. The number of hydrogen-bond acceptors (Lipinski definition) is 22. The van der Waals surface area contributed by atoms with Gasteiger partial charge in [-0.1, -0.05) is 162 Å². The maximum atomic E-state index is 14.9. The Morgan fingerprint density at radius 2 is 1.01 bits per heavy atom. The van der Waals surface area contributed by atoms with Gasteiger partial charge in [-0.3, -0.25) is 72.1 Å². The predicted molar refractivity (Wildman–Crippen MR) is 508 cm³/mol. The third kappa shape index (κ3) is 30.7. The smallest absolute Gasteiger partial charge is 0.329 e. The Morgan fingerprint density at radius 1 is 0.549 bits per heavy atom. The number of nitrogens with one attached hydrogen (secondary N) is 6. The van der Waals surface area contributed by atoms with E-state index in [-0.39, 0.29) is 122 Å². The van der Waals surface area contributed by atoms with Crippen LogP contribution in [0.2, 0.25) is 0 Å². The molecule has 33 heteroatoms. The largest absolute Gasteiger partial charge is 0.458 e. The number of methoxy groups -OCH3 is 4. The molecule has 2 saturated heterocycles. The van der Waals surface area contributed by atoms with Crippen molar-refractivity contribution in [3.05, 3.63) is 112 Å². The molecule has 32 nitrogen and oxygen atoms in total. The van der Waals surface area contributed by atoms with Crippen LogP contribution in [-0.4, -0.2) is 276 Å². The number of nitrogens with zero attached hydrogens (tertiary/aromatic N) is 7. The summed E-state index contributed by atoms with van der Waals surface area (Å²) in [5, 5.41) is 21.0. The molecule has 0 saturated carbocycles. The van der Waals surface area contributed by atoms with Crippen molar-refractivity contribution in [3.8, 4) is 0 Å². The normalized spacial score (nSPS) is 18.7. The number of ether oxygens (including phenoxy) is 5. The van der Waals surface area contributed by atoms with E-state index < -0.39 is 137 Å². The number of aromatic nitrogens is 1. The summed E-state index contributed by atoms with van der Waals surface area (Å²) in [7, 11) is 9.38. The van der Waals surface area contributed by atoms with Crippen molar-refractivity contribution < 1.29 is 90.8 Å². The molecule has 2 aromatic carbocycles. The first-order valence-electron chi connectivity index (χ1n) is 47.7. The molecule has 3 aromatic rings. The molecular formula is C100H153N13O19S. The fraction of sp³-hybridized carbons (Fsp3) is 0.670. The summed E-state index contributed by atoms with van der Waals surface area (Å²) in [4.78, 5) is 209. The Labute approximate surface area is 792 Å². The van der Waals surface area contributed by atoms with Gasteiger partial charge < -0.3 is 75.2 Å². The number of carbonyl (C=O) groups is 14. The summed E-state index contributed by atoms with van der Waals surface area (Å²) < 4.78 is 30.7. The number of unbranched alkanes of at least 4 members (excludes halogenated alkanes) is 5. The van der Waals surface area contributed by atoms with Gasteiger partial charge in [-0.15, -0.1) is 11.3 Å². The molecule has 0 aliphatic carbocycles. The van der Waals surface area contributed by atoms with Gasteiger partial charge >= 0.3 is 5.97 Å². The molecule has 7 rings (SSSR count). The maximum Gasteiger partial charge on any atom is 0.329 e. The zero-order valence-corrected chi connectivity index (χ0v) is 83.6. The molecule has 0 spiro atoms. The van der Waals surface area contributed by atoms with Crippen molar-refractivity contribution in [2.24, 2.45) is 35.5 Å². The first-order valence-corrected chi connectivity index (χ1v) is 48.6. The second-order valence-electron chi connectivity index (χ2n) is 38.9. The van der Waals surface area contributed by atoms with Crippen LogP contribution in [0.25, 0.3) is 0 Å². The molecule has 738 valence electrons. The standard InChI is InChI=1S/C100H153N13O19S/c1-23-64(7)85(75(128-19)59-81(118)110-53-38-44-73(110)87(130-21)66(9)89(120)103-71(91-101-50-55-133-91)56-68-40-30-27-31-41-68)108(17)93(123)83(62(3)4)105-96(126)99(13,14)102-49-35-25-26-36-52-113-80(117)58-70(92(113)122)61-98(11,12)132-95(125)72(57-69-42-32-28-33-43-69)104-90(121)67(10)88(131-22)74-45-39-54-111(74)82(119)60-76(129-20)86(65(8)24-2)109(18)94(124)84(63(5)6)106-97(127)100(15,16)107-77(114)46-34-29-37-51-112-78(115)47-48-79(112)116/h27-28,30-33,40-43,47-48,50,55,58,62-67,71-76,83-88,102H,23-26,29,34-39,44-46,49,51-54,56-57,59-61H2,1-22H3,(H,103,120)(H,104,121)(H,105,126)(H,106,127)(H,107,114)/t64-,65-,66+,67+,71-,72-,73-,74-,75?,76+,83-,84-,85-,86-,87+,88+/m0/s1. The van der Waals surface area contributed by atoms with E-state index in [1.807, 2.05) is 115 Å². The van der Waals surface area contributed by atoms with Gasteiger partial charge in [-0.05, 0) is 141 Å². The Morgan fingerprint density at radius 3 is 1.47 bits per heavy atom. The molecule has 133 heavy (non-hydrogen) atoms. The van der Waals surface area contributed by atoms with Crippen molar-refractivity contribution in [3.63, 3.8) is 0 Å². The highest BCUT2D eigenvalue weighted by Gasteiger charge is 2.48. The lowest BCUT2D eigenvalue weighted by molar-refractivity contribution is -0.161. The molecule has 4 aliphatic rings. The quantitative estimate of drug-likeness (QED) is 0.0174. The molecule has 0 radical (unpaired) electrons. The van der Waals surface area contributed by atoms with Crippen molar-refractivity contribution in [1.29, 1.82) is 0 Å². The lowest BCUT2D eigenvalue weighted by atomic mass is 9.89. The first-order chi connectivity index (χ1) is 62.9. The van der Waals surface area contributed by atoms with Gasteiger partial charge in [0, 0.05) is 123 Å². The number of likely N-dealkylation sites (tertiary alicyclic amines) is 2. The Balaban J connectivity index is 0.877. The van der Waals surface area contributed by atoms with Crippen LogP contribution in [0.3, 0.4) is 0 Å². The Bertz CT molecular complexity index is 4430. The van der Waals surface area contributed by atoms with Gasteiger partial charge in [-0.25, -0.2) is 9.78 Å². The Hall–Kier alpha value is -9.67. The second kappa shape index (κ2) is 51.9. The summed E-state index contributed by atoms with van der Waals surface area (Å²) in [6, 6.07) is 13.2. The molecular weight excluding hydrogens is 1720 g/mol. The van der Waals surface area contributed by atoms with E-state index in [2.05, 4.69) is 36.9 Å². The summed E-state index contributed by atoms with van der Waals surface area (Å²) in [5.41, 5.74) is -1.97.